The maximum Gasteiger partial charge on any atom is 0.358 e. The van der Waals surface area contributed by atoms with Crippen molar-refractivity contribution in [1.29, 1.82) is 0 Å². The van der Waals surface area contributed by atoms with Crippen molar-refractivity contribution in [3.8, 4) is 5.75 Å². The lowest BCUT2D eigenvalue weighted by Crippen LogP contribution is -1.99. The molecule has 0 saturated carbocycles. The highest BCUT2D eigenvalue weighted by atomic mass is 35.5. The smallest absolute Gasteiger partial charge is 0.358 e. The van der Waals surface area contributed by atoms with Crippen LogP contribution in [-0.4, -0.2) is 23.3 Å². The van der Waals surface area contributed by atoms with E-state index in [-0.39, 0.29) is 5.69 Å². The summed E-state index contributed by atoms with van der Waals surface area (Å²) in [6, 6.07) is 6.57. The Morgan fingerprint density at radius 1 is 1.53 bits per heavy atom. The van der Waals surface area contributed by atoms with Gasteiger partial charge in [-0.3, -0.25) is 0 Å². The molecule has 0 aliphatic carbocycles. The fourth-order valence-corrected chi connectivity index (χ4v) is 1.65. The second-order valence-electron chi connectivity index (χ2n) is 3.69. The molecule has 0 saturated heterocycles. The number of nitrogens with one attached hydrogen (secondary N) is 1. The highest BCUT2D eigenvalue weighted by Crippen LogP contribution is 2.27. The lowest BCUT2D eigenvalue weighted by atomic mass is 10.3. The number of ether oxygens (including phenoxy) is 1. The minimum atomic E-state index is -1.12. The summed E-state index contributed by atoms with van der Waals surface area (Å²) >= 11 is 5.91. The van der Waals surface area contributed by atoms with Crippen LogP contribution < -0.4 is 10.1 Å². The summed E-state index contributed by atoms with van der Waals surface area (Å²) in [6.45, 7) is 0.311. The van der Waals surface area contributed by atoms with Gasteiger partial charge in [-0.15, -0.1) is 0 Å². The summed E-state index contributed by atoms with van der Waals surface area (Å²) in [5.41, 5.74) is 0.653. The van der Waals surface area contributed by atoms with Crippen LogP contribution in [0.5, 0.6) is 5.75 Å². The van der Waals surface area contributed by atoms with Crippen molar-refractivity contribution in [2.24, 2.45) is 0 Å². The molecule has 0 aliphatic rings. The molecule has 7 heteroatoms. The molecule has 0 atom stereocenters. The number of hydrogen-bond acceptors (Lipinski definition) is 5. The molecule has 2 N–H and O–H groups in total. The Kier molecular flexibility index (Phi) is 3.91. The zero-order chi connectivity index (χ0) is 13.8. The van der Waals surface area contributed by atoms with Crippen molar-refractivity contribution in [1.82, 2.24) is 5.16 Å². The van der Waals surface area contributed by atoms with Gasteiger partial charge in [0.2, 0.25) is 0 Å². The lowest BCUT2D eigenvalue weighted by Gasteiger charge is -2.07. The molecule has 2 aromatic rings. The van der Waals surface area contributed by atoms with Gasteiger partial charge in [0.25, 0.3) is 0 Å². The number of methoxy groups -OCH3 is 1. The van der Waals surface area contributed by atoms with Gasteiger partial charge in [0.1, 0.15) is 5.75 Å². The molecule has 0 fully saturated rings. The Morgan fingerprint density at radius 2 is 2.32 bits per heavy atom. The number of carboxylic acid groups (broad SMARTS) is 1. The number of benzene rings is 1. The van der Waals surface area contributed by atoms with Crippen LogP contribution in [0.1, 0.15) is 16.2 Å². The Bertz CT molecular complexity index is 597. The predicted molar refractivity (Wildman–Crippen MR) is 68.8 cm³/mol. The third-order valence-electron chi connectivity index (χ3n) is 2.40. The van der Waals surface area contributed by atoms with E-state index in [1.54, 1.807) is 18.2 Å². The summed E-state index contributed by atoms with van der Waals surface area (Å²) in [5, 5.41) is 15.7. The van der Waals surface area contributed by atoms with E-state index in [4.69, 9.17) is 26.0 Å². The normalized spacial score (nSPS) is 10.2. The molecular weight excluding hydrogens is 272 g/mol. The topological polar surface area (TPSA) is 84.6 Å². The van der Waals surface area contributed by atoms with Gasteiger partial charge in [-0.05, 0) is 12.1 Å². The van der Waals surface area contributed by atoms with E-state index in [0.717, 1.165) is 5.69 Å². The van der Waals surface area contributed by atoms with Crippen LogP contribution in [-0.2, 0) is 6.54 Å². The van der Waals surface area contributed by atoms with Gasteiger partial charge in [-0.25, -0.2) is 4.79 Å². The van der Waals surface area contributed by atoms with E-state index in [9.17, 15) is 4.79 Å². The Labute approximate surface area is 113 Å². The zero-order valence-corrected chi connectivity index (χ0v) is 10.8. The van der Waals surface area contributed by atoms with E-state index >= 15 is 0 Å². The van der Waals surface area contributed by atoms with Crippen LogP contribution >= 0.6 is 11.6 Å². The summed E-state index contributed by atoms with van der Waals surface area (Å²) < 4.78 is 9.97. The maximum absolute atomic E-state index is 10.6. The molecule has 1 aromatic heterocycles. The fraction of sp³-hybridized carbons (Fsp3) is 0.167. The first kappa shape index (κ1) is 13.2. The number of nitrogens with zero attached hydrogens (tertiary/aromatic N) is 1. The molecule has 0 bridgehead atoms. The maximum atomic E-state index is 10.6. The van der Waals surface area contributed by atoms with Crippen LogP contribution in [0.4, 0.5) is 5.69 Å². The van der Waals surface area contributed by atoms with Crippen LogP contribution in [0, 0.1) is 0 Å². The van der Waals surface area contributed by atoms with Crippen LogP contribution in [0.2, 0.25) is 5.02 Å². The highest BCUT2D eigenvalue weighted by Gasteiger charge is 2.10. The quantitative estimate of drug-likeness (QED) is 0.877. The average molecular weight is 283 g/mol. The number of aromatic nitrogens is 1. The van der Waals surface area contributed by atoms with E-state index in [1.807, 2.05) is 0 Å². The number of carbonyl (C=O) groups is 1. The van der Waals surface area contributed by atoms with E-state index < -0.39 is 5.97 Å². The number of aromatic carboxylic acids is 1. The number of halogens is 1. The van der Waals surface area contributed by atoms with E-state index in [2.05, 4.69) is 10.5 Å². The minimum absolute atomic E-state index is 0.120. The molecular formula is C12H11ClN2O4. The van der Waals surface area contributed by atoms with Crippen molar-refractivity contribution >= 4 is 23.3 Å². The fourth-order valence-electron chi connectivity index (χ4n) is 1.46. The van der Waals surface area contributed by atoms with Gasteiger partial charge in [-0.1, -0.05) is 16.8 Å². The van der Waals surface area contributed by atoms with Gasteiger partial charge in [0.15, 0.2) is 11.5 Å². The average Bonchev–Trinajstić information content (AvgIpc) is 2.87. The first-order chi connectivity index (χ1) is 9.10. The minimum Gasteiger partial charge on any atom is -0.495 e. The Hall–Kier alpha value is -2.21. The van der Waals surface area contributed by atoms with Crippen LogP contribution in [0.25, 0.3) is 0 Å². The first-order valence-corrected chi connectivity index (χ1v) is 5.74. The van der Waals surface area contributed by atoms with Crippen molar-refractivity contribution in [2.75, 3.05) is 12.4 Å². The van der Waals surface area contributed by atoms with Crippen molar-refractivity contribution in [3.63, 3.8) is 0 Å². The molecule has 0 amide bonds. The standard InChI is InChI=1S/C12H11ClN2O4/c1-18-11-4-7(2-3-9(11)13)14-6-8-5-10(12(16)17)15-19-8/h2-5,14H,6H2,1H3,(H,16,17). The van der Waals surface area contributed by atoms with E-state index in [0.29, 0.717) is 23.1 Å². The monoisotopic (exact) mass is 282 g/mol. The second kappa shape index (κ2) is 5.62. The summed E-state index contributed by atoms with van der Waals surface area (Å²) in [7, 11) is 1.53. The number of carboxylic acids is 1. The lowest BCUT2D eigenvalue weighted by molar-refractivity contribution is 0.0685. The van der Waals surface area contributed by atoms with E-state index in [1.165, 1.54) is 13.2 Å². The molecule has 1 aromatic carbocycles. The third-order valence-corrected chi connectivity index (χ3v) is 2.71. The van der Waals surface area contributed by atoms with Gasteiger partial charge < -0.3 is 19.7 Å². The molecule has 0 radical (unpaired) electrons. The van der Waals surface area contributed by atoms with Gasteiger partial charge in [-0.2, -0.15) is 0 Å². The summed E-state index contributed by atoms with van der Waals surface area (Å²) in [4.78, 5) is 10.6. The first-order valence-electron chi connectivity index (χ1n) is 5.36. The molecule has 100 valence electrons. The summed E-state index contributed by atoms with van der Waals surface area (Å²) in [6.07, 6.45) is 0. The van der Waals surface area contributed by atoms with Crippen molar-refractivity contribution in [2.45, 2.75) is 6.54 Å². The van der Waals surface area contributed by atoms with Crippen molar-refractivity contribution in [3.05, 3.63) is 40.7 Å². The molecule has 0 unspecified atom stereocenters. The third kappa shape index (κ3) is 3.17. The molecule has 19 heavy (non-hydrogen) atoms. The van der Waals surface area contributed by atoms with Crippen LogP contribution in [0.15, 0.2) is 28.8 Å². The SMILES string of the molecule is COc1cc(NCc2cc(C(=O)O)no2)ccc1Cl. The second-order valence-corrected chi connectivity index (χ2v) is 4.09. The van der Waals surface area contributed by atoms with Gasteiger partial charge in [0.05, 0.1) is 18.7 Å². The molecule has 6 nitrogen and oxygen atoms in total. The predicted octanol–water partition coefficient (Wildman–Crippen LogP) is 2.65. The number of anilines is 1. The summed E-state index contributed by atoms with van der Waals surface area (Å²) in [5.74, 6) is -0.148. The van der Waals surface area contributed by atoms with Gasteiger partial charge >= 0.3 is 5.97 Å². The number of hydrogen-bond donors (Lipinski definition) is 2. The molecule has 2 rings (SSSR count). The molecule has 0 aliphatic heterocycles. The van der Waals surface area contributed by atoms with Crippen molar-refractivity contribution < 1.29 is 19.2 Å². The number of rotatable bonds is 5. The Balaban J connectivity index is 2.03. The Morgan fingerprint density at radius 3 is 2.95 bits per heavy atom. The molecule has 1 heterocycles. The molecule has 0 spiro atoms. The van der Waals surface area contributed by atoms with Gasteiger partial charge in [0, 0.05) is 17.8 Å². The highest BCUT2D eigenvalue weighted by molar-refractivity contribution is 6.32. The zero-order valence-electron chi connectivity index (χ0n) is 10.0. The van der Waals surface area contributed by atoms with Crippen LogP contribution in [0.3, 0.4) is 0 Å². The largest absolute Gasteiger partial charge is 0.495 e.